The van der Waals surface area contributed by atoms with Crippen molar-refractivity contribution in [1.82, 2.24) is 10.2 Å². The molecule has 3 N–H and O–H groups in total. The summed E-state index contributed by atoms with van der Waals surface area (Å²) in [5, 5.41) is 17.0. The minimum atomic E-state index is -1.00. The number of ether oxygens (including phenoxy) is 1. The number of nitrogens with one attached hydrogen (secondary N) is 2. The van der Waals surface area contributed by atoms with Crippen LogP contribution >= 0.6 is 0 Å². The number of carbonyl (C=O) groups is 3. The molecule has 2 aromatic carbocycles. The molecule has 3 aliphatic rings. The summed E-state index contributed by atoms with van der Waals surface area (Å²) in [4.78, 5) is 41.5. The Morgan fingerprint density at radius 2 is 1.94 bits per heavy atom. The molecule has 3 fully saturated rings. The molecule has 8 heteroatoms. The van der Waals surface area contributed by atoms with Gasteiger partial charge < -0.3 is 25.4 Å². The summed E-state index contributed by atoms with van der Waals surface area (Å²) in [5.41, 5.74) is -0.351. The van der Waals surface area contributed by atoms with Gasteiger partial charge in [0.25, 0.3) is 0 Å². The van der Waals surface area contributed by atoms with Gasteiger partial charge >= 0.3 is 0 Å². The van der Waals surface area contributed by atoms with E-state index in [1.54, 1.807) is 11.9 Å². The predicted molar refractivity (Wildman–Crippen MR) is 122 cm³/mol. The average molecular weight is 452 g/mol. The molecule has 0 aromatic heterocycles. The number of aliphatic hydroxyl groups is 1. The molecule has 2 bridgehead atoms. The van der Waals surface area contributed by atoms with Crippen LogP contribution in [0.3, 0.4) is 0 Å². The molecule has 3 amide bonds. The number of fused-ring (bicyclic) bond motifs is 2. The molecule has 5 rings (SSSR count). The maximum Gasteiger partial charge on any atom is 0.250 e. The van der Waals surface area contributed by atoms with Gasteiger partial charge in [-0.3, -0.25) is 14.4 Å². The lowest BCUT2D eigenvalue weighted by Gasteiger charge is -2.33. The molecule has 33 heavy (non-hydrogen) atoms. The summed E-state index contributed by atoms with van der Waals surface area (Å²) in [6.07, 6.45) is 1.95. The SMILES string of the molecule is CNC(=O)[C@@H]1[C@H]2C(=O)N(CCCCO)C(C(=O)Nc3ccc4ccccc4c3)C23CC[C@H]1O3. The van der Waals surface area contributed by atoms with Crippen LogP contribution in [0.2, 0.25) is 0 Å². The van der Waals surface area contributed by atoms with Crippen LogP contribution in [0.15, 0.2) is 42.5 Å². The molecule has 0 aliphatic carbocycles. The van der Waals surface area contributed by atoms with Crippen molar-refractivity contribution in [2.75, 3.05) is 25.5 Å². The molecule has 2 aromatic rings. The standard InChI is InChI=1S/C25H29N3O5/c1-26-22(30)19-18-10-11-25(33-18)20(19)24(32)28(12-4-5-13-29)21(25)23(31)27-17-9-8-15-6-2-3-7-16(15)14-17/h2-3,6-9,14,18-21,29H,4-5,10-13H2,1H3,(H,26,30)(H,27,31)/t18-,19+,20+,21?,25?/m1/s1. The van der Waals surface area contributed by atoms with Gasteiger partial charge in [0.05, 0.1) is 17.9 Å². The van der Waals surface area contributed by atoms with Crippen LogP contribution in [-0.4, -0.2) is 65.7 Å². The van der Waals surface area contributed by atoms with Gasteiger partial charge in [-0.05, 0) is 48.6 Å². The van der Waals surface area contributed by atoms with Gasteiger partial charge in [0.1, 0.15) is 11.6 Å². The number of benzene rings is 2. The predicted octanol–water partition coefficient (Wildman–Crippen LogP) is 1.67. The van der Waals surface area contributed by atoms with Crippen molar-refractivity contribution < 1.29 is 24.2 Å². The Morgan fingerprint density at radius 1 is 1.15 bits per heavy atom. The second-order valence-corrected chi connectivity index (χ2v) is 9.18. The second-order valence-electron chi connectivity index (χ2n) is 9.18. The van der Waals surface area contributed by atoms with Gasteiger partial charge in [-0.25, -0.2) is 0 Å². The largest absolute Gasteiger partial charge is 0.396 e. The third-order valence-electron chi connectivity index (χ3n) is 7.42. The molecule has 3 aliphatic heterocycles. The zero-order valence-corrected chi connectivity index (χ0v) is 18.6. The summed E-state index contributed by atoms with van der Waals surface area (Å²) in [6.45, 7) is 0.353. The molecular formula is C25H29N3O5. The number of hydrogen-bond acceptors (Lipinski definition) is 5. The van der Waals surface area contributed by atoms with Gasteiger partial charge in [0.15, 0.2) is 0 Å². The smallest absolute Gasteiger partial charge is 0.250 e. The Morgan fingerprint density at radius 3 is 2.70 bits per heavy atom. The van der Waals surface area contributed by atoms with E-state index in [2.05, 4.69) is 10.6 Å². The molecule has 174 valence electrons. The summed E-state index contributed by atoms with van der Waals surface area (Å²) in [7, 11) is 1.56. The van der Waals surface area contributed by atoms with E-state index in [-0.39, 0.29) is 30.4 Å². The summed E-state index contributed by atoms with van der Waals surface area (Å²) in [6, 6.07) is 12.8. The van der Waals surface area contributed by atoms with E-state index >= 15 is 0 Å². The van der Waals surface area contributed by atoms with Crippen molar-refractivity contribution in [3.05, 3.63) is 42.5 Å². The fourth-order valence-corrected chi connectivity index (χ4v) is 6.03. The zero-order chi connectivity index (χ0) is 23.2. The Hall–Kier alpha value is -2.97. The number of carbonyl (C=O) groups excluding carboxylic acids is 3. The third-order valence-corrected chi connectivity index (χ3v) is 7.42. The quantitative estimate of drug-likeness (QED) is 0.555. The molecular weight excluding hydrogens is 422 g/mol. The highest BCUT2D eigenvalue weighted by molar-refractivity contribution is 6.04. The average Bonchev–Trinajstić information content (AvgIpc) is 3.46. The van der Waals surface area contributed by atoms with Crippen molar-refractivity contribution in [3.63, 3.8) is 0 Å². The monoisotopic (exact) mass is 451 g/mol. The first-order valence-electron chi connectivity index (χ1n) is 11.6. The van der Waals surface area contributed by atoms with Crippen molar-refractivity contribution in [3.8, 4) is 0 Å². The lowest BCUT2D eigenvalue weighted by molar-refractivity contribution is -0.140. The topological polar surface area (TPSA) is 108 Å². The van der Waals surface area contributed by atoms with Crippen molar-refractivity contribution in [2.24, 2.45) is 11.8 Å². The van der Waals surface area contributed by atoms with Crippen molar-refractivity contribution in [2.45, 2.75) is 43.4 Å². The van der Waals surface area contributed by atoms with Gasteiger partial charge in [0.2, 0.25) is 17.7 Å². The number of hydrogen-bond donors (Lipinski definition) is 3. The first-order chi connectivity index (χ1) is 16.0. The number of amides is 3. The van der Waals surface area contributed by atoms with E-state index in [0.717, 1.165) is 10.8 Å². The molecule has 3 saturated heterocycles. The maximum atomic E-state index is 13.7. The molecule has 3 heterocycles. The fourth-order valence-electron chi connectivity index (χ4n) is 6.03. The third kappa shape index (κ3) is 3.40. The molecule has 1 spiro atoms. The number of rotatable bonds is 7. The second kappa shape index (κ2) is 8.43. The van der Waals surface area contributed by atoms with Gasteiger partial charge in [-0.1, -0.05) is 30.3 Å². The Balaban J connectivity index is 1.47. The van der Waals surface area contributed by atoms with Crippen LogP contribution in [0.25, 0.3) is 10.8 Å². The number of nitrogens with zero attached hydrogens (tertiary/aromatic N) is 1. The van der Waals surface area contributed by atoms with E-state index in [9.17, 15) is 19.5 Å². The minimum absolute atomic E-state index is 0.0179. The molecule has 5 atom stereocenters. The normalized spacial score (nSPS) is 30.0. The molecule has 0 saturated carbocycles. The molecule has 0 radical (unpaired) electrons. The molecule has 8 nitrogen and oxygen atoms in total. The minimum Gasteiger partial charge on any atom is -0.396 e. The highest BCUT2D eigenvalue weighted by atomic mass is 16.5. The van der Waals surface area contributed by atoms with E-state index < -0.39 is 23.5 Å². The van der Waals surface area contributed by atoms with E-state index in [1.165, 1.54) is 0 Å². The van der Waals surface area contributed by atoms with Crippen LogP contribution < -0.4 is 10.6 Å². The van der Waals surface area contributed by atoms with E-state index in [1.807, 2.05) is 42.5 Å². The summed E-state index contributed by atoms with van der Waals surface area (Å²) in [5.74, 6) is -1.98. The lowest BCUT2D eigenvalue weighted by Crippen LogP contribution is -2.53. The Labute approximate surface area is 192 Å². The van der Waals surface area contributed by atoms with Gasteiger partial charge in [-0.2, -0.15) is 0 Å². The number of aliphatic hydroxyl groups excluding tert-OH is 1. The van der Waals surface area contributed by atoms with Gasteiger partial charge in [0, 0.05) is 25.9 Å². The highest BCUT2D eigenvalue weighted by Crippen LogP contribution is 2.58. The Kier molecular flexibility index (Phi) is 5.58. The maximum absolute atomic E-state index is 13.7. The van der Waals surface area contributed by atoms with Gasteiger partial charge in [-0.15, -0.1) is 0 Å². The number of anilines is 1. The molecule has 2 unspecified atom stereocenters. The number of likely N-dealkylation sites (tertiary alicyclic amines) is 1. The first kappa shape index (κ1) is 21.9. The summed E-state index contributed by atoms with van der Waals surface area (Å²) < 4.78 is 6.33. The zero-order valence-electron chi connectivity index (χ0n) is 18.6. The number of unbranched alkanes of at least 4 members (excludes halogenated alkanes) is 1. The van der Waals surface area contributed by atoms with Crippen molar-refractivity contribution in [1.29, 1.82) is 0 Å². The van der Waals surface area contributed by atoms with Crippen LogP contribution in [0.1, 0.15) is 25.7 Å². The van der Waals surface area contributed by atoms with Crippen LogP contribution in [0, 0.1) is 11.8 Å². The first-order valence-corrected chi connectivity index (χ1v) is 11.6. The van der Waals surface area contributed by atoms with E-state index in [4.69, 9.17) is 4.74 Å². The fraction of sp³-hybridized carbons (Fsp3) is 0.480. The summed E-state index contributed by atoms with van der Waals surface area (Å²) >= 11 is 0. The van der Waals surface area contributed by atoms with Crippen LogP contribution in [0.4, 0.5) is 5.69 Å². The van der Waals surface area contributed by atoms with Crippen LogP contribution in [0.5, 0.6) is 0 Å². The van der Waals surface area contributed by atoms with Crippen molar-refractivity contribution >= 4 is 34.2 Å². The highest BCUT2D eigenvalue weighted by Gasteiger charge is 2.74. The van der Waals surface area contributed by atoms with E-state index in [0.29, 0.717) is 37.9 Å². The van der Waals surface area contributed by atoms with Crippen LogP contribution in [-0.2, 0) is 19.1 Å². The Bertz CT molecular complexity index is 1100. The lowest BCUT2D eigenvalue weighted by atomic mass is 9.70.